The van der Waals surface area contributed by atoms with E-state index in [2.05, 4.69) is 10.3 Å². The molecule has 0 aliphatic heterocycles. The van der Waals surface area contributed by atoms with Gasteiger partial charge < -0.3 is 34.1 Å². The maximum atomic E-state index is 12.8. The highest BCUT2D eigenvalue weighted by Gasteiger charge is 2.19. The summed E-state index contributed by atoms with van der Waals surface area (Å²) < 4.78 is 21.7. The average molecular weight is 427 g/mol. The van der Waals surface area contributed by atoms with Crippen molar-refractivity contribution in [1.82, 2.24) is 9.88 Å². The summed E-state index contributed by atoms with van der Waals surface area (Å²) in [5.41, 5.74) is 1.50. The fourth-order valence-electron chi connectivity index (χ4n) is 2.97. The van der Waals surface area contributed by atoms with Crippen LogP contribution in [0.2, 0.25) is 0 Å². The number of aromatic nitrogens is 1. The van der Waals surface area contributed by atoms with Gasteiger partial charge in [-0.05, 0) is 30.3 Å². The lowest BCUT2D eigenvalue weighted by Gasteiger charge is -2.11. The van der Waals surface area contributed by atoms with Gasteiger partial charge in [0.2, 0.25) is 0 Å². The van der Waals surface area contributed by atoms with Gasteiger partial charge in [0.25, 0.3) is 11.8 Å². The Morgan fingerprint density at radius 3 is 2.23 bits per heavy atom. The molecule has 0 saturated carbocycles. The predicted molar refractivity (Wildman–Crippen MR) is 117 cm³/mol. The van der Waals surface area contributed by atoms with Crippen molar-refractivity contribution >= 4 is 28.4 Å². The molecule has 0 radical (unpaired) electrons. The number of anilines is 1. The summed E-state index contributed by atoms with van der Waals surface area (Å²) in [6.07, 6.45) is 0. The number of nitrogens with zero attached hydrogens (tertiary/aromatic N) is 1. The van der Waals surface area contributed by atoms with Crippen LogP contribution in [0, 0.1) is 0 Å². The minimum absolute atomic E-state index is 0.0547. The molecule has 0 aliphatic rings. The number of rotatable bonds is 8. The van der Waals surface area contributed by atoms with Crippen molar-refractivity contribution < 1.29 is 28.5 Å². The van der Waals surface area contributed by atoms with Crippen LogP contribution in [0.25, 0.3) is 10.9 Å². The smallest absolute Gasteiger partial charge is 0.272 e. The number of ether oxygens (including phenoxy) is 4. The minimum Gasteiger partial charge on any atom is -0.496 e. The van der Waals surface area contributed by atoms with E-state index in [9.17, 15) is 9.59 Å². The van der Waals surface area contributed by atoms with Crippen molar-refractivity contribution in [2.75, 3.05) is 47.3 Å². The first-order valence-electron chi connectivity index (χ1n) is 9.44. The lowest BCUT2D eigenvalue weighted by atomic mass is 10.2. The molecule has 0 atom stereocenters. The molecule has 164 valence electrons. The topological polar surface area (TPSA) is 102 Å². The monoisotopic (exact) mass is 427 g/mol. The van der Waals surface area contributed by atoms with Crippen LogP contribution in [0.3, 0.4) is 0 Å². The molecule has 2 amide bonds. The summed E-state index contributed by atoms with van der Waals surface area (Å²) in [7, 11) is 7.93. The lowest BCUT2D eigenvalue weighted by molar-refractivity contribution is -0.130. The number of carbonyl (C=O) groups excluding carboxylic acids is 2. The summed E-state index contributed by atoms with van der Waals surface area (Å²) in [5.74, 6) is 1.57. The van der Waals surface area contributed by atoms with Gasteiger partial charge in [-0.2, -0.15) is 0 Å². The van der Waals surface area contributed by atoms with Gasteiger partial charge in [-0.3, -0.25) is 9.59 Å². The molecule has 9 nitrogen and oxygen atoms in total. The Kier molecular flexibility index (Phi) is 6.54. The van der Waals surface area contributed by atoms with Crippen LogP contribution >= 0.6 is 0 Å². The third-order valence-electron chi connectivity index (χ3n) is 4.66. The molecule has 9 heteroatoms. The number of benzene rings is 2. The van der Waals surface area contributed by atoms with Gasteiger partial charge >= 0.3 is 0 Å². The van der Waals surface area contributed by atoms with E-state index in [0.29, 0.717) is 45.3 Å². The molecule has 1 heterocycles. The standard InChI is InChI=1S/C22H25N3O6/c1-25(2)19(26)12-31-14-8-6-13(7-9-14)23-22(27)16-10-15-17(28-3)11-18(29-4)21(30-5)20(15)24-16/h6-11,24H,12H2,1-5H3,(H,23,27). The zero-order valence-corrected chi connectivity index (χ0v) is 18.1. The Morgan fingerprint density at radius 2 is 1.65 bits per heavy atom. The van der Waals surface area contributed by atoms with E-state index in [1.165, 1.54) is 19.1 Å². The first-order valence-corrected chi connectivity index (χ1v) is 9.44. The van der Waals surface area contributed by atoms with Gasteiger partial charge in [0.15, 0.2) is 18.1 Å². The van der Waals surface area contributed by atoms with Crippen molar-refractivity contribution in [3.63, 3.8) is 0 Å². The van der Waals surface area contributed by atoms with Gasteiger partial charge in [-0.25, -0.2) is 0 Å². The van der Waals surface area contributed by atoms with Gasteiger partial charge in [-0.1, -0.05) is 0 Å². The van der Waals surface area contributed by atoms with E-state index in [1.54, 1.807) is 57.6 Å². The molecular formula is C22H25N3O6. The Balaban J connectivity index is 1.78. The van der Waals surface area contributed by atoms with E-state index in [-0.39, 0.29) is 18.4 Å². The maximum Gasteiger partial charge on any atom is 0.272 e. The number of hydrogen-bond acceptors (Lipinski definition) is 6. The molecule has 0 unspecified atom stereocenters. The van der Waals surface area contributed by atoms with Crippen LogP contribution in [0.5, 0.6) is 23.0 Å². The Labute approximate surface area is 179 Å². The SMILES string of the molecule is COc1cc(OC)c2cc(C(=O)Nc3ccc(OCC(=O)N(C)C)cc3)[nH]c2c1OC. The number of nitrogens with one attached hydrogen (secondary N) is 2. The fourth-order valence-corrected chi connectivity index (χ4v) is 2.97. The zero-order valence-electron chi connectivity index (χ0n) is 18.1. The number of amides is 2. The van der Waals surface area contributed by atoms with Crippen molar-refractivity contribution in [2.45, 2.75) is 0 Å². The first-order chi connectivity index (χ1) is 14.9. The van der Waals surface area contributed by atoms with Crippen molar-refractivity contribution in [2.24, 2.45) is 0 Å². The molecule has 31 heavy (non-hydrogen) atoms. The number of aromatic amines is 1. The summed E-state index contributed by atoms with van der Waals surface area (Å²) in [5, 5.41) is 3.51. The normalized spacial score (nSPS) is 10.5. The molecular weight excluding hydrogens is 402 g/mol. The van der Waals surface area contributed by atoms with E-state index < -0.39 is 0 Å². The highest BCUT2D eigenvalue weighted by molar-refractivity contribution is 6.08. The molecule has 0 bridgehead atoms. The first kappa shape index (κ1) is 21.8. The number of methoxy groups -OCH3 is 3. The zero-order chi connectivity index (χ0) is 22.5. The van der Waals surface area contributed by atoms with Crippen molar-refractivity contribution in [3.05, 3.63) is 42.1 Å². The minimum atomic E-state index is -0.337. The molecule has 0 aliphatic carbocycles. The number of carbonyl (C=O) groups is 2. The molecule has 2 N–H and O–H groups in total. The second-order valence-corrected chi connectivity index (χ2v) is 6.84. The summed E-state index contributed by atoms with van der Waals surface area (Å²) >= 11 is 0. The number of fused-ring (bicyclic) bond motifs is 1. The van der Waals surface area contributed by atoms with E-state index in [1.807, 2.05) is 0 Å². The van der Waals surface area contributed by atoms with E-state index in [4.69, 9.17) is 18.9 Å². The molecule has 2 aromatic carbocycles. The molecule has 1 aromatic heterocycles. The Hall–Kier alpha value is -3.88. The van der Waals surface area contributed by atoms with Crippen LogP contribution in [-0.2, 0) is 4.79 Å². The van der Waals surface area contributed by atoms with E-state index >= 15 is 0 Å². The Bertz CT molecular complexity index is 1090. The van der Waals surface area contributed by atoms with Gasteiger partial charge in [-0.15, -0.1) is 0 Å². The highest BCUT2D eigenvalue weighted by atomic mass is 16.5. The average Bonchev–Trinajstić information content (AvgIpc) is 3.22. The van der Waals surface area contributed by atoms with Crippen LogP contribution in [0.15, 0.2) is 36.4 Å². The van der Waals surface area contributed by atoms with Crippen molar-refractivity contribution in [3.8, 4) is 23.0 Å². The molecule has 0 saturated heterocycles. The van der Waals surface area contributed by atoms with Crippen LogP contribution in [-0.4, -0.2) is 63.7 Å². The third kappa shape index (κ3) is 4.66. The van der Waals surface area contributed by atoms with Crippen molar-refractivity contribution in [1.29, 1.82) is 0 Å². The molecule has 3 rings (SSSR count). The maximum absolute atomic E-state index is 12.8. The second-order valence-electron chi connectivity index (χ2n) is 6.84. The number of hydrogen-bond donors (Lipinski definition) is 2. The van der Waals surface area contributed by atoms with Gasteiger partial charge in [0, 0.05) is 31.2 Å². The highest BCUT2D eigenvalue weighted by Crippen LogP contribution is 2.41. The third-order valence-corrected chi connectivity index (χ3v) is 4.66. The quantitative estimate of drug-likeness (QED) is 0.573. The predicted octanol–water partition coefficient (Wildman–Crippen LogP) is 2.91. The molecule has 0 fully saturated rings. The van der Waals surface area contributed by atoms with Gasteiger partial charge in [0.05, 0.1) is 26.8 Å². The van der Waals surface area contributed by atoms with Crippen LogP contribution in [0.4, 0.5) is 5.69 Å². The second kappa shape index (κ2) is 9.29. The fraction of sp³-hybridized carbons (Fsp3) is 0.273. The number of likely N-dealkylation sites (N-methyl/N-ethyl adjacent to an activating group) is 1. The summed E-state index contributed by atoms with van der Waals surface area (Å²) in [6.45, 7) is -0.0547. The van der Waals surface area contributed by atoms with Crippen LogP contribution in [0.1, 0.15) is 10.5 Å². The molecule has 3 aromatic rings. The van der Waals surface area contributed by atoms with Gasteiger partial charge in [0.1, 0.15) is 17.2 Å². The lowest BCUT2D eigenvalue weighted by Crippen LogP contribution is -2.27. The number of H-pyrrole nitrogens is 1. The van der Waals surface area contributed by atoms with E-state index in [0.717, 1.165) is 0 Å². The summed E-state index contributed by atoms with van der Waals surface area (Å²) in [4.78, 5) is 28.9. The van der Waals surface area contributed by atoms with Crippen LogP contribution < -0.4 is 24.3 Å². The molecule has 0 spiro atoms. The largest absolute Gasteiger partial charge is 0.496 e. The Morgan fingerprint density at radius 1 is 0.968 bits per heavy atom. The summed E-state index contributed by atoms with van der Waals surface area (Å²) in [6, 6.07) is 10.1.